The van der Waals surface area contributed by atoms with Crippen molar-refractivity contribution in [2.45, 2.75) is 64.5 Å². The predicted octanol–water partition coefficient (Wildman–Crippen LogP) is 4.12. The number of piperidine rings is 1. The van der Waals surface area contributed by atoms with Crippen LogP contribution in [-0.4, -0.2) is 57.9 Å². The molecule has 0 unspecified atom stereocenters. The van der Waals surface area contributed by atoms with Gasteiger partial charge in [-0.3, -0.25) is 14.4 Å². The SMILES string of the molecule is CC(C)Oc1ccc(CC(=O)/C=C/[C@H]2CCCC(=O)N2CCSCCCC(=O)O)cc1. The highest BCUT2D eigenvalue weighted by Crippen LogP contribution is 2.20. The molecule has 1 saturated heterocycles. The summed E-state index contributed by atoms with van der Waals surface area (Å²) in [6.45, 7) is 4.57. The molecule has 0 aromatic heterocycles. The van der Waals surface area contributed by atoms with Gasteiger partial charge in [-0.25, -0.2) is 0 Å². The van der Waals surface area contributed by atoms with E-state index in [1.807, 2.05) is 49.1 Å². The number of carbonyl (C=O) groups is 3. The van der Waals surface area contributed by atoms with Gasteiger partial charge >= 0.3 is 5.97 Å². The number of carboxylic acid groups (broad SMARTS) is 1. The van der Waals surface area contributed by atoms with Gasteiger partial charge in [0.1, 0.15) is 5.75 Å². The molecule has 7 heteroatoms. The molecule has 1 amide bonds. The maximum atomic E-state index is 12.4. The number of carboxylic acids is 1. The van der Waals surface area contributed by atoms with E-state index in [0.717, 1.165) is 35.7 Å². The van der Waals surface area contributed by atoms with Gasteiger partial charge in [-0.05, 0) is 62.6 Å². The number of allylic oxidation sites excluding steroid dienone is 1. The van der Waals surface area contributed by atoms with Gasteiger partial charge in [0, 0.05) is 31.6 Å². The zero-order valence-corrected chi connectivity index (χ0v) is 19.2. The number of amides is 1. The quantitative estimate of drug-likeness (QED) is 0.362. The van der Waals surface area contributed by atoms with Crippen molar-refractivity contribution in [3.63, 3.8) is 0 Å². The number of rotatable bonds is 13. The topological polar surface area (TPSA) is 83.9 Å². The molecule has 1 aliphatic rings. The van der Waals surface area contributed by atoms with E-state index in [9.17, 15) is 14.4 Å². The molecule has 1 aromatic rings. The van der Waals surface area contributed by atoms with Crippen LogP contribution in [0.2, 0.25) is 0 Å². The number of hydrogen-bond acceptors (Lipinski definition) is 5. The third-order valence-corrected chi connectivity index (χ3v) is 5.99. The number of carbonyl (C=O) groups excluding carboxylic acids is 2. The van der Waals surface area contributed by atoms with Crippen molar-refractivity contribution >= 4 is 29.4 Å². The van der Waals surface area contributed by atoms with Crippen LogP contribution in [0.4, 0.5) is 0 Å². The first-order chi connectivity index (χ1) is 14.8. The second-order valence-corrected chi connectivity index (χ2v) is 9.19. The van der Waals surface area contributed by atoms with Crippen molar-refractivity contribution in [1.29, 1.82) is 0 Å². The Morgan fingerprint density at radius 2 is 2.00 bits per heavy atom. The van der Waals surface area contributed by atoms with Crippen molar-refractivity contribution in [3.05, 3.63) is 42.0 Å². The van der Waals surface area contributed by atoms with Gasteiger partial charge in [0.2, 0.25) is 5.91 Å². The molecule has 0 spiro atoms. The lowest BCUT2D eigenvalue weighted by molar-refractivity contribution is -0.137. The Labute approximate surface area is 189 Å². The summed E-state index contributed by atoms with van der Waals surface area (Å²) in [7, 11) is 0. The summed E-state index contributed by atoms with van der Waals surface area (Å²) >= 11 is 1.67. The normalized spacial score (nSPS) is 16.8. The fourth-order valence-corrected chi connectivity index (χ4v) is 4.34. The molecule has 2 rings (SSSR count). The molecule has 1 heterocycles. The summed E-state index contributed by atoms with van der Waals surface area (Å²) in [6.07, 6.45) is 6.96. The summed E-state index contributed by atoms with van der Waals surface area (Å²) in [4.78, 5) is 37.2. The minimum absolute atomic E-state index is 0.0125. The van der Waals surface area contributed by atoms with Gasteiger partial charge in [-0.2, -0.15) is 11.8 Å². The van der Waals surface area contributed by atoms with Crippen LogP contribution in [0, 0.1) is 0 Å². The third-order valence-electron chi connectivity index (χ3n) is 4.94. The van der Waals surface area contributed by atoms with E-state index in [2.05, 4.69) is 0 Å². The first-order valence-corrected chi connectivity index (χ1v) is 12.1. The Bertz CT molecular complexity index is 760. The largest absolute Gasteiger partial charge is 0.491 e. The molecule has 0 bridgehead atoms. The molecule has 1 aromatic carbocycles. The van der Waals surface area contributed by atoms with Gasteiger partial charge < -0.3 is 14.7 Å². The van der Waals surface area contributed by atoms with Crippen LogP contribution in [0.3, 0.4) is 0 Å². The number of nitrogens with zero attached hydrogens (tertiary/aromatic N) is 1. The van der Waals surface area contributed by atoms with Crippen molar-refractivity contribution in [2.75, 3.05) is 18.1 Å². The van der Waals surface area contributed by atoms with Crippen LogP contribution in [0.25, 0.3) is 0 Å². The molecule has 1 N–H and O–H groups in total. The number of ketones is 1. The highest BCUT2D eigenvalue weighted by atomic mass is 32.2. The fourth-order valence-electron chi connectivity index (χ4n) is 3.46. The number of thioether (sulfide) groups is 1. The van der Waals surface area contributed by atoms with Crippen molar-refractivity contribution in [2.24, 2.45) is 0 Å². The number of hydrogen-bond donors (Lipinski definition) is 1. The van der Waals surface area contributed by atoms with Gasteiger partial charge in [0.05, 0.1) is 12.1 Å². The lowest BCUT2D eigenvalue weighted by atomic mass is 10.00. The Balaban J connectivity index is 1.82. The average Bonchev–Trinajstić information content (AvgIpc) is 2.71. The first kappa shape index (κ1) is 25.0. The van der Waals surface area contributed by atoms with Crippen LogP contribution in [0.5, 0.6) is 5.75 Å². The molecule has 1 atom stereocenters. The van der Waals surface area contributed by atoms with E-state index < -0.39 is 5.97 Å². The predicted molar refractivity (Wildman–Crippen MR) is 124 cm³/mol. The summed E-state index contributed by atoms with van der Waals surface area (Å²) in [5.41, 5.74) is 0.931. The van der Waals surface area contributed by atoms with Crippen molar-refractivity contribution < 1.29 is 24.2 Å². The molecule has 1 aliphatic heterocycles. The molecule has 0 saturated carbocycles. The highest BCUT2D eigenvalue weighted by molar-refractivity contribution is 7.99. The minimum atomic E-state index is -0.776. The van der Waals surface area contributed by atoms with E-state index in [0.29, 0.717) is 25.8 Å². The Morgan fingerprint density at radius 1 is 1.26 bits per heavy atom. The molecule has 6 nitrogen and oxygen atoms in total. The molecular weight excluding hydrogens is 414 g/mol. The highest BCUT2D eigenvalue weighted by Gasteiger charge is 2.25. The summed E-state index contributed by atoms with van der Waals surface area (Å²) in [6, 6.07) is 7.51. The lowest BCUT2D eigenvalue weighted by Gasteiger charge is -2.34. The average molecular weight is 448 g/mol. The number of aliphatic carboxylic acids is 1. The van der Waals surface area contributed by atoms with Crippen LogP contribution in [0.15, 0.2) is 36.4 Å². The number of ether oxygens (including phenoxy) is 1. The summed E-state index contributed by atoms with van der Waals surface area (Å²) in [5.74, 6) is 1.70. The van der Waals surface area contributed by atoms with Crippen molar-refractivity contribution in [3.8, 4) is 5.75 Å². The maximum absolute atomic E-state index is 12.4. The lowest BCUT2D eigenvalue weighted by Crippen LogP contribution is -2.43. The van der Waals surface area contributed by atoms with Crippen LogP contribution in [-0.2, 0) is 20.8 Å². The smallest absolute Gasteiger partial charge is 0.303 e. The second-order valence-electron chi connectivity index (χ2n) is 7.97. The molecule has 0 radical (unpaired) electrons. The summed E-state index contributed by atoms with van der Waals surface area (Å²) in [5, 5.41) is 8.68. The van der Waals surface area contributed by atoms with Crippen LogP contribution < -0.4 is 4.74 Å². The van der Waals surface area contributed by atoms with Gasteiger partial charge in [-0.1, -0.05) is 18.2 Å². The maximum Gasteiger partial charge on any atom is 0.303 e. The molecular formula is C24H33NO5S. The van der Waals surface area contributed by atoms with E-state index >= 15 is 0 Å². The fraction of sp³-hybridized carbons (Fsp3) is 0.542. The van der Waals surface area contributed by atoms with E-state index in [4.69, 9.17) is 9.84 Å². The molecule has 1 fully saturated rings. The third kappa shape index (κ3) is 9.59. The molecule has 0 aliphatic carbocycles. The van der Waals surface area contributed by atoms with E-state index in [1.54, 1.807) is 17.8 Å². The number of benzene rings is 1. The minimum Gasteiger partial charge on any atom is -0.491 e. The van der Waals surface area contributed by atoms with Gasteiger partial charge in [-0.15, -0.1) is 0 Å². The Kier molecular flexibility index (Phi) is 10.6. The molecule has 170 valence electrons. The zero-order chi connectivity index (χ0) is 22.6. The van der Waals surface area contributed by atoms with Gasteiger partial charge in [0.25, 0.3) is 0 Å². The Hall–Kier alpha value is -2.28. The second kappa shape index (κ2) is 13.2. The summed E-state index contributed by atoms with van der Waals surface area (Å²) < 4.78 is 5.62. The Morgan fingerprint density at radius 3 is 2.68 bits per heavy atom. The molecule has 31 heavy (non-hydrogen) atoms. The first-order valence-electron chi connectivity index (χ1n) is 10.9. The van der Waals surface area contributed by atoms with E-state index in [-0.39, 0.29) is 30.3 Å². The van der Waals surface area contributed by atoms with Crippen LogP contribution in [0.1, 0.15) is 51.5 Å². The van der Waals surface area contributed by atoms with Crippen molar-refractivity contribution in [1.82, 2.24) is 4.90 Å². The zero-order valence-electron chi connectivity index (χ0n) is 18.4. The monoisotopic (exact) mass is 447 g/mol. The number of likely N-dealkylation sites (tertiary alicyclic amines) is 1. The van der Waals surface area contributed by atoms with Gasteiger partial charge in [0.15, 0.2) is 5.78 Å². The van der Waals surface area contributed by atoms with Crippen LogP contribution >= 0.6 is 11.8 Å². The standard InChI is InChI=1S/C24H33NO5S/c1-18(2)30-22-12-8-19(9-13-22)17-21(26)11-10-20-5-3-6-23(27)25(20)14-16-31-15-4-7-24(28)29/h8-13,18,20H,3-7,14-17H2,1-2H3,(H,28,29)/b11-10+/t20-/m1/s1. The van der Waals surface area contributed by atoms with E-state index in [1.165, 1.54) is 0 Å².